The van der Waals surface area contributed by atoms with E-state index >= 15 is 0 Å². The van der Waals surface area contributed by atoms with Gasteiger partial charge in [-0.05, 0) is 6.07 Å². The van der Waals surface area contributed by atoms with Crippen LogP contribution in [0, 0.1) is 0 Å². The summed E-state index contributed by atoms with van der Waals surface area (Å²) in [6.45, 7) is 0. The summed E-state index contributed by atoms with van der Waals surface area (Å²) in [4.78, 5) is 15.0. The number of aromatic nitrogens is 3. The van der Waals surface area contributed by atoms with Crippen LogP contribution >= 0.6 is 0 Å². The van der Waals surface area contributed by atoms with Crippen LogP contribution in [0.15, 0.2) is 24.7 Å². The average Bonchev–Trinajstić information content (AvgIpc) is 2.58. The molecule has 1 amide bonds. The second-order valence-electron chi connectivity index (χ2n) is 2.90. The molecule has 0 radical (unpaired) electrons. The van der Waals surface area contributed by atoms with Crippen molar-refractivity contribution in [2.45, 2.75) is 6.30 Å². The van der Waals surface area contributed by atoms with Crippen LogP contribution in [0.3, 0.4) is 0 Å². The Balaban J connectivity index is 2.37. The fourth-order valence-electron chi connectivity index (χ4n) is 1.18. The lowest BCUT2D eigenvalue weighted by Crippen LogP contribution is -2.37. The van der Waals surface area contributed by atoms with E-state index in [0.717, 1.165) is 11.5 Å². The third-order valence-electron chi connectivity index (χ3n) is 1.78. The van der Waals surface area contributed by atoms with Crippen LogP contribution in [0.2, 0.25) is 0 Å². The summed E-state index contributed by atoms with van der Waals surface area (Å²) >= 11 is 0. The first-order valence-electron chi connectivity index (χ1n) is 4.15. The van der Waals surface area contributed by atoms with Gasteiger partial charge >= 0.3 is 6.30 Å². The topological polar surface area (TPSA) is 59.3 Å². The van der Waals surface area contributed by atoms with Crippen LogP contribution in [-0.2, 0) is 0 Å². The molecule has 84 valence electrons. The summed E-state index contributed by atoms with van der Waals surface area (Å²) in [5, 5.41) is 4.58. The monoisotopic (exact) mass is 230 g/mol. The van der Waals surface area contributed by atoms with E-state index in [9.17, 15) is 18.0 Å². The van der Waals surface area contributed by atoms with E-state index in [1.54, 1.807) is 6.07 Å². The number of hydrogen-bond acceptors (Lipinski definition) is 3. The Morgan fingerprint density at radius 2 is 2.19 bits per heavy atom. The highest BCUT2D eigenvalue weighted by Gasteiger charge is 2.31. The van der Waals surface area contributed by atoms with Crippen molar-refractivity contribution in [3.05, 3.63) is 30.2 Å². The molecule has 0 fully saturated rings. The minimum atomic E-state index is -4.76. The fourth-order valence-corrected chi connectivity index (χ4v) is 1.18. The summed E-state index contributed by atoms with van der Waals surface area (Å²) in [6.07, 6.45) is -0.891. The molecule has 0 spiro atoms. The normalized spacial score (nSPS) is 11.7. The molecule has 0 unspecified atom stereocenters. The van der Waals surface area contributed by atoms with Crippen LogP contribution in [-0.4, -0.2) is 26.8 Å². The third kappa shape index (κ3) is 1.95. The molecule has 0 saturated carbocycles. The van der Waals surface area contributed by atoms with Gasteiger partial charge in [0.2, 0.25) is 0 Å². The van der Waals surface area contributed by atoms with Gasteiger partial charge in [0.15, 0.2) is 5.65 Å². The van der Waals surface area contributed by atoms with Gasteiger partial charge in [0, 0.05) is 12.4 Å². The number of hydrogen-bond donors (Lipinski definition) is 1. The maximum absolute atomic E-state index is 11.9. The summed E-state index contributed by atoms with van der Waals surface area (Å²) in [6, 6.07) is 1.55. The van der Waals surface area contributed by atoms with Crippen molar-refractivity contribution in [3.63, 3.8) is 0 Å². The van der Waals surface area contributed by atoms with E-state index in [-0.39, 0.29) is 11.2 Å². The maximum Gasteiger partial charge on any atom is 0.484 e. The number of carbonyl (C=O) groups is 1. The predicted molar refractivity (Wildman–Crippen MR) is 46.5 cm³/mol. The van der Waals surface area contributed by atoms with Gasteiger partial charge in [-0.25, -0.2) is 9.50 Å². The fraction of sp³-hybridized carbons (Fsp3) is 0.125. The molecule has 8 heteroatoms. The van der Waals surface area contributed by atoms with Gasteiger partial charge in [-0.3, -0.25) is 10.1 Å². The van der Waals surface area contributed by atoms with Gasteiger partial charge in [-0.2, -0.15) is 18.3 Å². The SMILES string of the molecule is O=C(NC(F)(F)F)c1cnn2cccnc12. The van der Waals surface area contributed by atoms with Gasteiger partial charge in [-0.1, -0.05) is 0 Å². The van der Waals surface area contributed by atoms with E-state index in [4.69, 9.17) is 0 Å². The number of amides is 1. The molecule has 2 heterocycles. The zero-order chi connectivity index (χ0) is 11.8. The molecular formula is C8H5F3N4O. The summed E-state index contributed by atoms with van der Waals surface area (Å²) in [7, 11) is 0. The molecule has 5 nitrogen and oxygen atoms in total. The molecule has 2 aromatic rings. The quantitative estimate of drug-likeness (QED) is 0.743. The van der Waals surface area contributed by atoms with Crippen LogP contribution in [0.25, 0.3) is 5.65 Å². The number of alkyl halides is 3. The zero-order valence-corrected chi connectivity index (χ0v) is 7.69. The second kappa shape index (κ2) is 3.47. The highest BCUT2D eigenvalue weighted by molar-refractivity contribution is 5.99. The van der Waals surface area contributed by atoms with Crippen molar-refractivity contribution in [1.29, 1.82) is 0 Å². The lowest BCUT2D eigenvalue weighted by molar-refractivity contribution is -0.146. The molecular weight excluding hydrogens is 225 g/mol. The van der Waals surface area contributed by atoms with Crippen LogP contribution < -0.4 is 5.32 Å². The molecule has 0 aliphatic heterocycles. The molecule has 0 aromatic carbocycles. The number of nitrogens with one attached hydrogen (secondary N) is 1. The van der Waals surface area contributed by atoms with Crippen LogP contribution in [0.4, 0.5) is 13.2 Å². The Labute approximate surface area is 86.9 Å². The van der Waals surface area contributed by atoms with Gasteiger partial charge in [0.1, 0.15) is 5.56 Å². The summed E-state index contributed by atoms with van der Waals surface area (Å²) in [5.41, 5.74) is -0.151. The molecule has 0 bridgehead atoms. The van der Waals surface area contributed by atoms with Crippen molar-refractivity contribution in [3.8, 4) is 0 Å². The Morgan fingerprint density at radius 1 is 1.44 bits per heavy atom. The third-order valence-corrected chi connectivity index (χ3v) is 1.78. The second-order valence-corrected chi connectivity index (χ2v) is 2.90. The number of nitrogens with zero attached hydrogens (tertiary/aromatic N) is 3. The molecule has 0 saturated heterocycles. The number of rotatable bonds is 1. The van der Waals surface area contributed by atoms with Crippen LogP contribution in [0.5, 0.6) is 0 Å². The molecule has 1 N–H and O–H groups in total. The predicted octanol–water partition coefficient (Wildman–Crippen LogP) is 0.979. The van der Waals surface area contributed by atoms with E-state index in [1.807, 2.05) is 0 Å². The smallest absolute Gasteiger partial charge is 0.269 e. The van der Waals surface area contributed by atoms with Crippen molar-refractivity contribution in [1.82, 2.24) is 19.9 Å². The van der Waals surface area contributed by atoms with Gasteiger partial charge < -0.3 is 0 Å². The van der Waals surface area contributed by atoms with Crippen molar-refractivity contribution >= 4 is 11.6 Å². The van der Waals surface area contributed by atoms with E-state index in [2.05, 4.69) is 10.1 Å². The first-order chi connectivity index (χ1) is 7.47. The van der Waals surface area contributed by atoms with Gasteiger partial charge in [0.05, 0.1) is 6.20 Å². The zero-order valence-electron chi connectivity index (χ0n) is 7.69. The Bertz CT molecular complexity index is 533. The van der Waals surface area contributed by atoms with E-state index < -0.39 is 12.2 Å². The molecule has 0 aliphatic rings. The Hall–Kier alpha value is -2.12. The van der Waals surface area contributed by atoms with Gasteiger partial charge in [-0.15, -0.1) is 0 Å². The largest absolute Gasteiger partial charge is 0.484 e. The molecule has 16 heavy (non-hydrogen) atoms. The number of halogens is 3. The minimum Gasteiger partial charge on any atom is -0.269 e. The Morgan fingerprint density at radius 3 is 2.88 bits per heavy atom. The lowest BCUT2D eigenvalue weighted by Gasteiger charge is -2.06. The first-order valence-corrected chi connectivity index (χ1v) is 4.15. The van der Waals surface area contributed by atoms with Crippen LogP contribution in [0.1, 0.15) is 10.4 Å². The standard InChI is InChI=1S/C8H5F3N4O/c9-8(10,11)14-7(16)5-4-13-15-3-1-2-12-6(5)15/h1-4H,(H,14,16). The number of fused-ring (bicyclic) bond motifs is 1. The lowest BCUT2D eigenvalue weighted by atomic mass is 10.3. The minimum absolute atomic E-state index is 0.0734. The highest BCUT2D eigenvalue weighted by atomic mass is 19.4. The molecule has 0 atom stereocenters. The van der Waals surface area contributed by atoms with E-state index in [0.29, 0.717) is 0 Å². The Kier molecular flexibility index (Phi) is 2.26. The van der Waals surface area contributed by atoms with Crippen molar-refractivity contribution in [2.75, 3.05) is 0 Å². The summed E-state index contributed by atoms with van der Waals surface area (Å²) < 4.78 is 37.0. The summed E-state index contributed by atoms with van der Waals surface area (Å²) in [5.74, 6) is -1.28. The molecule has 2 aromatic heterocycles. The van der Waals surface area contributed by atoms with Crippen molar-refractivity contribution < 1.29 is 18.0 Å². The van der Waals surface area contributed by atoms with E-state index in [1.165, 1.54) is 16.9 Å². The van der Waals surface area contributed by atoms with Gasteiger partial charge in [0.25, 0.3) is 5.91 Å². The maximum atomic E-state index is 11.9. The van der Waals surface area contributed by atoms with Crippen molar-refractivity contribution in [2.24, 2.45) is 0 Å². The molecule has 0 aliphatic carbocycles. The average molecular weight is 230 g/mol. The highest BCUT2D eigenvalue weighted by Crippen LogP contribution is 2.13. The molecule has 2 rings (SSSR count). The number of carbonyl (C=O) groups excluding carboxylic acids is 1. The first kappa shape index (κ1) is 10.4.